The first-order chi connectivity index (χ1) is 11.3. The van der Waals surface area contributed by atoms with Crippen molar-refractivity contribution in [3.8, 4) is 0 Å². The van der Waals surface area contributed by atoms with Gasteiger partial charge in [0.25, 0.3) is 0 Å². The second-order valence-corrected chi connectivity index (χ2v) is 5.88. The minimum Gasteiger partial charge on any atom is -0.375 e. The van der Waals surface area contributed by atoms with Crippen LogP contribution in [0.1, 0.15) is 24.2 Å². The van der Waals surface area contributed by atoms with Crippen molar-refractivity contribution in [3.05, 3.63) is 71.8 Å². The maximum absolute atomic E-state index is 5.56. The van der Waals surface area contributed by atoms with Crippen molar-refractivity contribution in [3.63, 3.8) is 0 Å². The van der Waals surface area contributed by atoms with Crippen molar-refractivity contribution in [1.82, 2.24) is 10.6 Å². The number of ether oxygens (including phenoxy) is 1. The molecular formula is C20H28N2O. The molecule has 2 aromatic rings. The van der Waals surface area contributed by atoms with Crippen LogP contribution in [0.2, 0.25) is 0 Å². The van der Waals surface area contributed by atoms with Gasteiger partial charge in [-0.3, -0.25) is 0 Å². The lowest BCUT2D eigenvalue weighted by Gasteiger charge is -2.18. The number of benzene rings is 2. The van der Waals surface area contributed by atoms with Gasteiger partial charge in [0.1, 0.15) is 0 Å². The van der Waals surface area contributed by atoms with Gasteiger partial charge in [-0.15, -0.1) is 0 Å². The summed E-state index contributed by atoms with van der Waals surface area (Å²) < 4.78 is 5.56. The fraction of sp³-hybridized carbons (Fsp3) is 0.400. The second-order valence-electron chi connectivity index (χ2n) is 5.88. The molecule has 23 heavy (non-hydrogen) atoms. The molecule has 0 saturated carbocycles. The van der Waals surface area contributed by atoms with Crippen LogP contribution in [0, 0.1) is 0 Å². The molecule has 0 radical (unpaired) electrons. The average molecular weight is 312 g/mol. The van der Waals surface area contributed by atoms with Crippen molar-refractivity contribution in [2.24, 2.45) is 0 Å². The third-order valence-corrected chi connectivity index (χ3v) is 3.96. The topological polar surface area (TPSA) is 33.3 Å². The van der Waals surface area contributed by atoms with Crippen LogP contribution in [-0.4, -0.2) is 32.8 Å². The summed E-state index contributed by atoms with van der Waals surface area (Å²) in [6.07, 6.45) is 1.17. The number of nitrogens with one attached hydrogen (secondary N) is 2. The normalized spacial score (nSPS) is 13.7. The molecule has 0 aromatic heterocycles. The highest BCUT2D eigenvalue weighted by molar-refractivity contribution is 5.18. The first kappa shape index (κ1) is 17.7. The van der Waals surface area contributed by atoms with Crippen molar-refractivity contribution in [1.29, 1.82) is 0 Å². The highest BCUT2D eigenvalue weighted by atomic mass is 16.5. The van der Waals surface area contributed by atoms with Crippen LogP contribution < -0.4 is 10.6 Å². The SMILES string of the molecule is COC(CNCCNC(C)Cc1ccccc1)c1ccccc1. The van der Waals surface area contributed by atoms with E-state index in [1.54, 1.807) is 7.11 Å². The van der Waals surface area contributed by atoms with Gasteiger partial charge in [0, 0.05) is 32.8 Å². The summed E-state index contributed by atoms with van der Waals surface area (Å²) in [5.74, 6) is 0. The minimum absolute atomic E-state index is 0.109. The smallest absolute Gasteiger partial charge is 0.0945 e. The monoisotopic (exact) mass is 312 g/mol. The minimum atomic E-state index is 0.109. The van der Waals surface area contributed by atoms with Gasteiger partial charge in [0.2, 0.25) is 0 Å². The molecular weight excluding hydrogens is 284 g/mol. The van der Waals surface area contributed by atoms with Crippen LogP contribution in [0.25, 0.3) is 0 Å². The van der Waals surface area contributed by atoms with E-state index in [9.17, 15) is 0 Å². The van der Waals surface area contributed by atoms with Crippen molar-refractivity contribution in [2.45, 2.75) is 25.5 Å². The summed E-state index contributed by atoms with van der Waals surface area (Å²) in [7, 11) is 1.76. The molecule has 0 spiro atoms. The van der Waals surface area contributed by atoms with Gasteiger partial charge in [-0.25, -0.2) is 0 Å². The van der Waals surface area contributed by atoms with Crippen LogP contribution in [-0.2, 0) is 11.2 Å². The van der Waals surface area contributed by atoms with E-state index in [0.717, 1.165) is 26.1 Å². The number of rotatable bonds is 10. The summed E-state index contributed by atoms with van der Waals surface area (Å²) in [5, 5.41) is 7.03. The maximum Gasteiger partial charge on any atom is 0.0945 e. The zero-order valence-electron chi connectivity index (χ0n) is 14.2. The van der Waals surface area contributed by atoms with Gasteiger partial charge in [0.15, 0.2) is 0 Å². The number of methoxy groups -OCH3 is 1. The summed E-state index contributed by atoms with van der Waals surface area (Å²) >= 11 is 0. The van der Waals surface area contributed by atoms with Gasteiger partial charge in [-0.1, -0.05) is 60.7 Å². The van der Waals surface area contributed by atoms with E-state index in [1.807, 2.05) is 18.2 Å². The molecule has 0 aliphatic heterocycles. The van der Waals surface area contributed by atoms with Crippen molar-refractivity contribution < 1.29 is 4.74 Å². The molecule has 2 unspecified atom stereocenters. The van der Waals surface area contributed by atoms with Crippen LogP contribution in [0.5, 0.6) is 0 Å². The van der Waals surface area contributed by atoms with Gasteiger partial charge in [-0.2, -0.15) is 0 Å². The lowest BCUT2D eigenvalue weighted by atomic mass is 10.1. The second kappa shape index (κ2) is 10.2. The van der Waals surface area contributed by atoms with E-state index in [4.69, 9.17) is 4.74 Å². The molecule has 3 nitrogen and oxygen atoms in total. The van der Waals surface area contributed by atoms with Crippen LogP contribution in [0.4, 0.5) is 0 Å². The molecule has 2 aromatic carbocycles. The molecule has 0 saturated heterocycles. The van der Waals surface area contributed by atoms with E-state index in [-0.39, 0.29) is 6.10 Å². The van der Waals surface area contributed by atoms with Crippen LogP contribution in [0.15, 0.2) is 60.7 Å². The zero-order valence-corrected chi connectivity index (χ0v) is 14.2. The summed E-state index contributed by atoms with van der Waals surface area (Å²) in [6.45, 7) is 4.95. The molecule has 2 rings (SSSR count). The Morgan fingerprint density at radius 1 is 0.913 bits per heavy atom. The van der Waals surface area contributed by atoms with E-state index in [2.05, 4.69) is 60.0 Å². The van der Waals surface area contributed by atoms with E-state index < -0.39 is 0 Å². The van der Waals surface area contributed by atoms with E-state index in [0.29, 0.717) is 6.04 Å². The molecule has 124 valence electrons. The zero-order chi connectivity index (χ0) is 16.3. The van der Waals surface area contributed by atoms with Crippen molar-refractivity contribution in [2.75, 3.05) is 26.7 Å². The molecule has 0 amide bonds. The van der Waals surface area contributed by atoms with Gasteiger partial charge in [-0.05, 0) is 24.5 Å². The predicted octanol–water partition coefficient (Wildman–Crippen LogP) is 3.18. The fourth-order valence-corrected chi connectivity index (χ4v) is 2.68. The Bertz CT molecular complexity index is 530. The third kappa shape index (κ3) is 6.53. The molecule has 0 aliphatic rings. The van der Waals surface area contributed by atoms with Gasteiger partial charge in [0.05, 0.1) is 6.10 Å². The van der Waals surface area contributed by atoms with Crippen molar-refractivity contribution >= 4 is 0 Å². The Kier molecular flexibility index (Phi) is 7.81. The maximum atomic E-state index is 5.56. The standard InChI is InChI=1S/C20H28N2O/c1-17(15-18-9-5-3-6-10-18)22-14-13-21-16-20(23-2)19-11-7-4-8-12-19/h3-12,17,20-22H,13-16H2,1-2H3. The Hall–Kier alpha value is -1.68. The first-order valence-electron chi connectivity index (χ1n) is 8.35. The summed E-state index contributed by atoms with van der Waals surface area (Å²) in [6, 6.07) is 21.4. The highest BCUT2D eigenvalue weighted by Gasteiger charge is 2.09. The molecule has 0 bridgehead atoms. The largest absolute Gasteiger partial charge is 0.375 e. The molecule has 0 aliphatic carbocycles. The highest BCUT2D eigenvalue weighted by Crippen LogP contribution is 2.14. The molecule has 2 N–H and O–H groups in total. The molecule has 3 heteroatoms. The summed E-state index contributed by atoms with van der Waals surface area (Å²) in [5.41, 5.74) is 2.59. The Morgan fingerprint density at radius 2 is 1.57 bits per heavy atom. The van der Waals surface area contributed by atoms with E-state index in [1.165, 1.54) is 11.1 Å². The molecule has 2 atom stereocenters. The quantitative estimate of drug-likeness (QED) is 0.661. The fourth-order valence-electron chi connectivity index (χ4n) is 2.68. The Labute approximate surface area is 140 Å². The van der Waals surface area contributed by atoms with Gasteiger partial charge < -0.3 is 15.4 Å². The summed E-state index contributed by atoms with van der Waals surface area (Å²) in [4.78, 5) is 0. The lowest BCUT2D eigenvalue weighted by Crippen LogP contribution is -2.36. The Balaban J connectivity index is 1.61. The molecule has 0 heterocycles. The van der Waals surface area contributed by atoms with Crippen LogP contribution in [0.3, 0.4) is 0 Å². The van der Waals surface area contributed by atoms with E-state index >= 15 is 0 Å². The first-order valence-corrected chi connectivity index (χ1v) is 8.35. The van der Waals surface area contributed by atoms with Gasteiger partial charge >= 0.3 is 0 Å². The number of hydrogen-bond acceptors (Lipinski definition) is 3. The number of hydrogen-bond donors (Lipinski definition) is 2. The molecule has 0 fully saturated rings. The lowest BCUT2D eigenvalue weighted by molar-refractivity contribution is 0.102. The predicted molar refractivity (Wildman–Crippen MR) is 96.7 cm³/mol. The average Bonchev–Trinajstić information content (AvgIpc) is 2.60. The Morgan fingerprint density at radius 3 is 2.22 bits per heavy atom. The third-order valence-electron chi connectivity index (χ3n) is 3.96. The van der Waals surface area contributed by atoms with Crippen LogP contribution >= 0.6 is 0 Å².